The van der Waals surface area contributed by atoms with E-state index in [1.807, 2.05) is 0 Å². The largest absolute Gasteiger partial charge is 0.406 e. The average molecular weight is 290 g/mol. The van der Waals surface area contributed by atoms with Gasteiger partial charge in [-0.25, -0.2) is 0 Å². The summed E-state index contributed by atoms with van der Waals surface area (Å²) in [5.41, 5.74) is -0.0187. The zero-order valence-corrected chi connectivity index (χ0v) is 10.9. The highest BCUT2D eigenvalue weighted by Crippen LogP contribution is 2.25. The Labute approximate surface area is 114 Å². The van der Waals surface area contributed by atoms with E-state index in [0.29, 0.717) is 6.42 Å². The number of amides is 1. The van der Waals surface area contributed by atoms with Gasteiger partial charge in [0.15, 0.2) is 0 Å². The monoisotopic (exact) mass is 290 g/mol. The van der Waals surface area contributed by atoms with Crippen molar-refractivity contribution in [3.63, 3.8) is 0 Å². The molecule has 1 aliphatic rings. The van der Waals surface area contributed by atoms with Crippen LogP contribution in [-0.2, 0) is 6.54 Å². The molecule has 0 radical (unpaired) electrons. The number of carbonyl (C=O) groups excluding carboxylic acids is 1. The second-order valence-corrected chi connectivity index (χ2v) is 5.10. The number of alkyl halides is 3. The smallest absolute Gasteiger partial charge is 0.393 e. The van der Waals surface area contributed by atoms with Crippen molar-refractivity contribution in [3.05, 3.63) is 24.0 Å². The molecule has 0 bridgehead atoms. The molecule has 0 aromatic carbocycles. The summed E-state index contributed by atoms with van der Waals surface area (Å²) in [6.45, 7) is -0.897. The fourth-order valence-corrected chi connectivity index (χ4v) is 2.52. The van der Waals surface area contributed by atoms with Crippen LogP contribution in [0.3, 0.4) is 0 Å². The van der Waals surface area contributed by atoms with E-state index in [-0.39, 0.29) is 18.2 Å². The number of hydrogen-bond donors (Lipinski definition) is 2. The van der Waals surface area contributed by atoms with Crippen molar-refractivity contribution < 1.29 is 23.1 Å². The Bertz CT molecular complexity index is 470. The third-order valence-electron chi connectivity index (χ3n) is 3.56. The summed E-state index contributed by atoms with van der Waals surface area (Å²) in [7, 11) is 0. The van der Waals surface area contributed by atoms with E-state index in [1.54, 1.807) is 0 Å². The van der Waals surface area contributed by atoms with Gasteiger partial charge in [-0.15, -0.1) is 0 Å². The Kier molecular flexibility index (Phi) is 4.37. The molecule has 20 heavy (non-hydrogen) atoms. The molecule has 2 rings (SSSR count). The third-order valence-corrected chi connectivity index (χ3v) is 3.56. The summed E-state index contributed by atoms with van der Waals surface area (Å²) in [5.74, 6) is -0.552. The third kappa shape index (κ3) is 3.75. The minimum Gasteiger partial charge on any atom is -0.393 e. The number of halogens is 3. The van der Waals surface area contributed by atoms with Gasteiger partial charge in [0.25, 0.3) is 5.91 Å². The molecular formula is C13H17F3N2O2. The average Bonchev–Trinajstić information content (AvgIpc) is 2.93. The first kappa shape index (κ1) is 14.9. The van der Waals surface area contributed by atoms with Crippen LogP contribution in [0.25, 0.3) is 0 Å². The molecule has 0 saturated heterocycles. The quantitative estimate of drug-likeness (QED) is 0.890. The number of aliphatic hydroxyl groups is 1. The van der Waals surface area contributed by atoms with Gasteiger partial charge in [0.2, 0.25) is 0 Å². The van der Waals surface area contributed by atoms with E-state index in [2.05, 4.69) is 5.32 Å². The van der Waals surface area contributed by atoms with Crippen LogP contribution in [0, 0.1) is 5.92 Å². The SMILES string of the molecule is O=C(NCC1CCCC1O)c1cccn1CC(F)(F)F. The van der Waals surface area contributed by atoms with Crippen LogP contribution in [0.5, 0.6) is 0 Å². The molecular weight excluding hydrogens is 273 g/mol. The lowest BCUT2D eigenvalue weighted by atomic mass is 10.1. The normalized spacial score (nSPS) is 23.0. The molecule has 4 nitrogen and oxygen atoms in total. The van der Waals surface area contributed by atoms with E-state index >= 15 is 0 Å². The summed E-state index contributed by atoms with van der Waals surface area (Å²) < 4.78 is 38.0. The van der Waals surface area contributed by atoms with Gasteiger partial charge in [-0.05, 0) is 25.0 Å². The molecule has 2 unspecified atom stereocenters. The second-order valence-electron chi connectivity index (χ2n) is 5.10. The van der Waals surface area contributed by atoms with Crippen LogP contribution in [0.1, 0.15) is 29.8 Å². The molecule has 1 aromatic heterocycles. The van der Waals surface area contributed by atoms with Crippen molar-refractivity contribution in [1.82, 2.24) is 9.88 Å². The van der Waals surface area contributed by atoms with Gasteiger partial charge >= 0.3 is 6.18 Å². The molecule has 1 heterocycles. The number of nitrogens with zero attached hydrogens (tertiary/aromatic N) is 1. The van der Waals surface area contributed by atoms with Crippen LogP contribution >= 0.6 is 0 Å². The minimum absolute atomic E-state index is 0.00928. The summed E-state index contributed by atoms with van der Waals surface area (Å²) in [6, 6.07) is 2.76. The van der Waals surface area contributed by atoms with Crippen LogP contribution in [0.2, 0.25) is 0 Å². The number of carbonyl (C=O) groups is 1. The first-order chi connectivity index (χ1) is 9.37. The van der Waals surface area contributed by atoms with Crippen molar-refractivity contribution in [1.29, 1.82) is 0 Å². The van der Waals surface area contributed by atoms with Crippen molar-refractivity contribution in [3.8, 4) is 0 Å². The Balaban J connectivity index is 1.94. The zero-order valence-electron chi connectivity index (χ0n) is 10.9. The molecule has 0 aliphatic heterocycles. The summed E-state index contributed by atoms with van der Waals surface area (Å²) in [5, 5.41) is 12.2. The van der Waals surface area contributed by atoms with E-state index in [9.17, 15) is 23.1 Å². The molecule has 1 fully saturated rings. The van der Waals surface area contributed by atoms with Crippen LogP contribution in [0.4, 0.5) is 13.2 Å². The standard InChI is InChI=1S/C13H17F3N2O2/c14-13(15,16)8-18-6-2-4-10(18)12(20)17-7-9-3-1-5-11(9)19/h2,4,6,9,11,19H,1,3,5,7-8H2,(H,17,20). The van der Waals surface area contributed by atoms with E-state index in [4.69, 9.17) is 0 Å². The van der Waals surface area contributed by atoms with Gasteiger partial charge < -0.3 is 15.0 Å². The lowest BCUT2D eigenvalue weighted by molar-refractivity contribution is -0.140. The van der Waals surface area contributed by atoms with Crippen molar-refractivity contribution >= 4 is 5.91 Å². The lowest BCUT2D eigenvalue weighted by Crippen LogP contribution is -2.34. The summed E-state index contributed by atoms with van der Waals surface area (Å²) in [6.07, 6.45) is -1.12. The molecule has 1 amide bonds. The maximum Gasteiger partial charge on any atom is 0.406 e. The number of nitrogens with one attached hydrogen (secondary N) is 1. The Morgan fingerprint density at radius 2 is 2.20 bits per heavy atom. The van der Waals surface area contributed by atoms with Crippen molar-refractivity contribution in [2.45, 2.75) is 38.1 Å². The highest BCUT2D eigenvalue weighted by atomic mass is 19.4. The molecule has 2 N–H and O–H groups in total. The predicted molar refractivity (Wildman–Crippen MR) is 66.2 cm³/mol. The van der Waals surface area contributed by atoms with Gasteiger partial charge in [-0.3, -0.25) is 4.79 Å². The second kappa shape index (κ2) is 5.87. The van der Waals surface area contributed by atoms with E-state index < -0.39 is 24.7 Å². The number of aromatic nitrogens is 1. The van der Waals surface area contributed by atoms with Crippen LogP contribution < -0.4 is 5.32 Å². The number of aliphatic hydroxyl groups excluding tert-OH is 1. The molecule has 0 spiro atoms. The summed E-state index contributed by atoms with van der Waals surface area (Å²) in [4.78, 5) is 11.9. The molecule has 1 aliphatic carbocycles. The van der Waals surface area contributed by atoms with Crippen molar-refractivity contribution in [2.75, 3.05) is 6.54 Å². The lowest BCUT2D eigenvalue weighted by Gasteiger charge is -2.16. The van der Waals surface area contributed by atoms with Gasteiger partial charge in [-0.2, -0.15) is 13.2 Å². The minimum atomic E-state index is -4.37. The fraction of sp³-hybridized carbons (Fsp3) is 0.615. The van der Waals surface area contributed by atoms with Crippen LogP contribution in [-0.4, -0.2) is 34.4 Å². The molecule has 112 valence electrons. The van der Waals surface area contributed by atoms with Gasteiger partial charge in [0.1, 0.15) is 12.2 Å². The first-order valence-corrected chi connectivity index (χ1v) is 6.55. The van der Waals surface area contributed by atoms with E-state index in [1.165, 1.54) is 18.3 Å². The summed E-state index contributed by atoms with van der Waals surface area (Å²) >= 11 is 0. The maximum atomic E-state index is 12.4. The molecule has 7 heteroatoms. The van der Waals surface area contributed by atoms with Crippen molar-refractivity contribution in [2.24, 2.45) is 5.92 Å². The fourth-order valence-electron chi connectivity index (χ4n) is 2.52. The maximum absolute atomic E-state index is 12.4. The zero-order chi connectivity index (χ0) is 14.8. The Hall–Kier alpha value is -1.50. The predicted octanol–water partition coefficient (Wildman–Crippen LogP) is 1.94. The topological polar surface area (TPSA) is 54.3 Å². The number of rotatable bonds is 4. The molecule has 2 atom stereocenters. The van der Waals surface area contributed by atoms with Gasteiger partial charge in [0, 0.05) is 18.7 Å². The van der Waals surface area contributed by atoms with Gasteiger partial charge in [-0.1, -0.05) is 6.42 Å². The van der Waals surface area contributed by atoms with E-state index in [0.717, 1.165) is 17.4 Å². The Morgan fingerprint density at radius 3 is 2.80 bits per heavy atom. The highest BCUT2D eigenvalue weighted by Gasteiger charge is 2.30. The first-order valence-electron chi connectivity index (χ1n) is 6.55. The highest BCUT2D eigenvalue weighted by molar-refractivity contribution is 5.92. The van der Waals surface area contributed by atoms with Gasteiger partial charge in [0.05, 0.1) is 6.10 Å². The molecule has 1 saturated carbocycles. The molecule has 1 aromatic rings. The Morgan fingerprint density at radius 1 is 1.45 bits per heavy atom. The number of hydrogen-bond acceptors (Lipinski definition) is 2. The van der Waals surface area contributed by atoms with Crippen LogP contribution in [0.15, 0.2) is 18.3 Å².